The van der Waals surface area contributed by atoms with Crippen molar-refractivity contribution in [3.63, 3.8) is 0 Å². The van der Waals surface area contributed by atoms with Gasteiger partial charge in [0, 0.05) is 6.04 Å². The molecule has 0 saturated heterocycles. The van der Waals surface area contributed by atoms with Crippen molar-refractivity contribution in [3.05, 3.63) is 0 Å². The molecule has 0 radical (unpaired) electrons. The van der Waals surface area contributed by atoms with Gasteiger partial charge in [-0.15, -0.1) is 0 Å². The van der Waals surface area contributed by atoms with E-state index < -0.39 is 0 Å². The van der Waals surface area contributed by atoms with Crippen molar-refractivity contribution in [2.24, 2.45) is 5.92 Å². The second-order valence-electron chi connectivity index (χ2n) is 6.27. The molecule has 0 heterocycles. The highest BCUT2D eigenvalue weighted by atomic mass is 16.5. The fourth-order valence-electron chi connectivity index (χ4n) is 2.28. The van der Waals surface area contributed by atoms with Crippen LogP contribution in [-0.2, 0) is 19.1 Å². The number of rotatable bonds is 5. The first-order chi connectivity index (χ1) is 9.31. The van der Waals surface area contributed by atoms with Gasteiger partial charge in [-0.3, -0.25) is 9.59 Å². The molecule has 1 rings (SSSR count). The summed E-state index contributed by atoms with van der Waals surface area (Å²) >= 11 is 0. The van der Waals surface area contributed by atoms with E-state index in [9.17, 15) is 9.59 Å². The van der Waals surface area contributed by atoms with E-state index in [1.165, 1.54) is 0 Å². The molecule has 1 fully saturated rings. The number of amides is 1. The number of nitrogens with one attached hydrogen (secondary N) is 1. The van der Waals surface area contributed by atoms with Crippen molar-refractivity contribution in [2.45, 2.75) is 65.0 Å². The Hall–Kier alpha value is -1.10. The molecule has 1 N–H and O–H groups in total. The molecule has 0 aromatic rings. The van der Waals surface area contributed by atoms with Crippen LogP contribution >= 0.6 is 0 Å². The number of hydrogen-bond donors (Lipinski definition) is 1. The fourth-order valence-corrected chi connectivity index (χ4v) is 2.28. The number of ether oxygens (including phenoxy) is 2. The molecule has 0 atom stereocenters. The summed E-state index contributed by atoms with van der Waals surface area (Å²) in [6.07, 6.45) is 3.21. The van der Waals surface area contributed by atoms with Gasteiger partial charge < -0.3 is 14.8 Å². The Labute approximate surface area is 121 Å². The summed E-state index contributed by atoms with van der Waals surface area (Å²) in [5, 5.41) is 2.97. The molecular formula is C15H27NO4. The summed E-state index contributed by atoms with van der Waals surface area (Å²) in [6.45, 7) is 8.10. The fraction of sp³-hybridized carbons (Fsp3) is 0.867. The zero-order chi connectivity index (χ0) is 15.2. The van der Waals surface area contributed by atoms with E-state index >= 15 is 0 Å². The molecule has 5 nitrogen and oxygen atoms in total. The van der Waals surface area contributed by atoms with Crippen LogP contribution in [0.5, 0.6) is 0 Å². The van der Waals surface area contributed by atoms with Crippen molar-refractivity contribution in [3.8, 4) is 0 Å². The maximum Gasteiger partial charge on any atom is 0.308 e. The van der Waals surface area contributed by atoms with Gasteiger partial charge in [0.05, 0.1) is 18.1 Å². The Morgan fingerprint density at radius 1 is 1.15 bits per heavy atom. The van der Waals surface area contributed by atoms with E-state index in [0.717, 1.165) is 25.7 Å². The monoisotopic (exact) mass is 285 g/mol. The van der Waals surface area contributed by atoms with Gasteiger partial charge in [-0.05, 0) is 53.4 Å². The smallest absolute Gasteiger partial charge is 0.308 e. The summed E-state index contributed by atoms with van der Waals surface area (Å²) < 4.78 is 10.5. The minimum Gasteiger partial charge on any atom is -0.466 e. The first-order valence-corrected chi connectivity index (χ1v) is 7.41. The van der Waals surface area contributed by atoms with Crippen LogP contribution in [0, 0.1) is 5.92 Å². The maximum absolute atomic E-state index is 11.7. The largest absolute Gasteiger partial charge is 0.466 e. The van der Waals surface area contributed by atoms with Crippen molar-refractivity contribution in [1.29, 1.82) is 0 Å². The van der Waals surface area contributed by atoms with Crippen LogP contribution < -0.4 is 5.32 Å². The lowest BCUT2D eigenvalue weighted by atomic mass is 9.86. The van der Waals surface area contributed by atoms with Gasteiger partial charge in [0.2, 0.25) is 5.91 Å². The van der Waals surface area contributed by atoms with E-state index in [2.05, 4.69) is 5.32 Å². The lowest BCUT2D eigenvalue weighted by molar-refractivity contribution is -0.149. The number of hydrogen-bond acceptors (Lipinski definition) is 4. The van der Waals surface area contributed by atoms with Crippen LogP contribution in [0.3, 0.4) is 0 Å². The molecule has 0 spiro atoms. The molecule has 0 aromatic heterocycles. The van der Waals surface area contributed by atoms with Gasteiger partial charge in [-0.1, -0.05) is 0 Å². The first-order valence-electron chi connectivity index (χ1n) is 7.41. The Morgan fingerprint density at radius 3 is 2.25 bits per heavy atom. The minimum atomic E-state index is -0.307. The summed E-state index contributed by atoms with van der Waals surface area (Å²) in [4.78, 5) is 23.4. The van der Waals surface area contributed by atoms with Crippen molar-refractivity contribution >= 4 is 11.9 Å². The van der Waals surface area contributed by atoms with Crippen LogP contribution in [0.4, 0.5) is 0 Å². The average molecular weight is 285 g/mol. The van der Waals surface area contributed by atoms with Gasteiger partial charge in [0.1, 0.15) is 6.61 Å². The van der Waals surface area contributed by atoms with Crippen LogP contribution in [0.15, 0.2) is 0 Å². The highest BCUT2D eigenvalue weighted by Crippen LogP contribution is 2.25. The van der Waals surface area contributed by atoms with Crippen LogP contribution in [0.25, 0.3) is 0 Å². The van der Waals surface area contributed by atoms with E-state index in [0.29, 0.717) is 6.61 Å². The van der Waals surface area contributed by atoms with Gasteiger partial charge in [-0.2, -0.15) is 0 Å². The van der Waals surface area contributed by atoms with Gasteiger partial charge >= 0.3 is 5.97 Å². The van der Waals surface area contributed by atoms with Crippen LogP contribution in [0.2, 0.25) is 0 Å². The molecule has 1 aliphatic carbocycles. The molecule has 0 bridgehead atoms. The highest BCUT2D eigenvalue weighted by Gasteiger charge is 2.28. The Balaban J connectivity index is 2.25. The zero-order valence-corrected chi connectivity index (χ0v) is 13.0. The van der Waals surface area contributed by atoms with E-state index in [4.69, 9.17) is 9.47 Å². The molecule has 1 aliphatic rings. The second kappa shape index (κ2) is 7.62. The molecule has 1 saturated carbocycles. The SMILES string of the molecule is CCOC(=O)C1CCC(NC(=O)COC(C)(C)C)CC1. The van der Waals surface area contributed by atoms with E-state index in [1.807, 2.05) is 27.7 Å². The Morgan fingerprint density at radius 2 is 1.75 bits per heavy atom. The summed E-state index contributed by atoms with van der Waals surface area (Å²) in [5.41, 5.74) is -0.307. The molecule has 20 heavy (non-hydrogen) atoms. The van der Waals surface area contributed by atoms with Crippen LogP contribution in [0.1, 0.15) is 53.4 Å². The predicted molar refractivity (Wildman–Crippen MR) is 76.2 cm³/mol. The third kappa shape index (κ3) is 6.37. The third-order valence-electron chi connectivity index (χ3n) is 3.35. The van der Waals surface area contributed by atoms with Crippen molar-refractivity contribution < 1.29 is 19.1 Å². The quantitative estimate of drug-likeness (QED) is 0.785. The average Bonchev–Trinajstić information content (AvgIpc) is 2.37. The van der Waals surface area contributed by atoms with E-state index in [-0.39, 0.29) is 36.0 Å². The van der Waals surface area contributed by atoms with Crippen LogP contribution in [-0.4, -0.2) is 36.7 Å². The lowest BCUT2D eigenvalue weighted by Gasteiger charge is -2.28. The summed E-state index contributed by atoms with van der Waals surface area (Å²) in [5.74, 6) is -0.193. The van der Waals surface area contributed by atoms with Gasteiger partial charge in [-0.25, -0.2) is 0 Å². The third-order valence-corrected chi connectivity index (χ3v) is 3.35. The number of carbonyl (C=O) groups is 2. The Kier molecular flexibility index (Phi) is 6.46. The molecule has 5 heteroatoms. The second-order valence-corrected chi connectivity index (χ2v) is 6.27. The first kappa shape index (κ1) is 17.0. The molecule has 116 valence electrons. The normalized spacial score (nSPS) is 23.2. The highest BCUT2D eigenvalue weighted by molar-refractivity contribution is 5.77. The molecule has 0 aromatic carbocycles. The topological polar surface area (TPSA) is 64.6 Å². The minimum absolute atomic E-state index is 0.00562. The number of carbonyl (C=O) groups excluding carboxylic acids is 2. The van der Waals surface area contributed by atoms with Crippen molar-refractivity contribution in [1.82, 2.24) is 5.32 Å². The zero-order valence-electron chi connectivity index (χ0n) is 13.0. The molecule has 1 amide bonds. The summed E-state index contributed by atoms with van der Waals surface area (Å²) in [6, 6.07) is 0.150. The van der Waals surface area contributed by atoms with E-state index in [1.54, 1.807) is 0 Å². The van der Waals surface area contributed by atoms with Gasteiger partial charge in [0.15, 0.2) is 0 Å². The lowest BCUT2D eigenvalue weighted by Crippen LogP contribution is -2.41. The Bertz CT molecular complexity index is 327. The van der Waals surface area contributed by atoms with Gasteiger partial charge in [0.25, 0.3) is 0 Å². The predicted octanol–water partition coefficient (Wildman–Crippen LogP) is 2.04. The molecular weight excluding hydrogens is 258 g/mol. The number of esters is 1. The standard InChI is InChI=1S/C15H27NO4/c1-5-19-14(18)11-6-8-12(9-7-11)16-13(17)10-20-15(2,3)4/h11-12H,5-10H2,1-4H3,(H,16,17). The maximum atomic E-state index is 11.7. The molecule has 0 aliphatic heterocycles. The van der Waals surface area contributed by atoms with Crippen molar-refractivity contribution in [2.75, 3.05) is 13.2 Å². The summed E-state index contributed by atoms with van der Waals surface area (Å²) in [7, 11) is 0. The molecule has 0 unspecified atom stereocenters.